The molecular formula is C24H25N5O4. The molecule has 9 heteroatoms. The molecule has 170 valence electrons. The van der Waals surface area contributed by atoms with Gasteiger partial charge in [0, 0.05) is 32.9 Å². The predicted octanol–water partition coefficient (Wildman–Crippen LogP) is 2.88. The number of hydrogen-bond acceptors (Lipinski definition) is 6. The Bertz CT molecular complexity index is 1400. The van der Waals surface area contributed by atoms with Gasteiger partial charge in [-0.25, -0.2) is 4.79 Å². The smallest absolute Gasteiger partial charge is 0.332 e. The van der Waals surface area contributed by atoms with Crippen LogP contribution in [0, 0.1) is 0 Å². The fourth-order valence-electron chi connectivity index (χ4n) is 4.21. The van der Waals surface area contributed by atoms with Crippen molar-refractivity contribution in [3.63, 3.8) is 0 Å². The van der Waals surface area contributed by atoms with Crippen molar-refractivity contribution in [3.05, 3.63) is 75.4 Å². The minimum absolute atomic E-state index is 0.199. The van der Waals surface area contributed by atoms with Gasteiger partial charge >= 0.3 is 5.69 Å². The second kappa shape index (κ2) is 8.59. The molecule has 0 atom stereocenters. The molecule has 9 nitrogen and oxygen atoms in total. The molecule has 1 aliphatic rings. The molecule has 0 saturated heterocycles. The Morgan fingerprint density at radius 2 is 1.70 bits per heavy atom. The van der Waals surface area contributed by atoms with Gasteiger partial charge in [-0.2, -0.15) is 4.98 Å². The van der Waals surface area contributed by atoms with E-state index in [1.165, 1.54) is 9.13 Å². The maximum Gasteiger partial charge on any atom is 0.332 e. The number of aromatic nitrogens is 4. The maximum atomic E-state index is 13.2. The summed E-state index contributed by atoms with van der Waals surface area (Å²) in [6, 6.07) is 17.4. The van der Waals surface area contributed by atoms with E-state index in [1.807, 2.05) is 59.2 Å². The number of hydrogen-bond donors (Lipinski definition) is 0. The van der Waals surface area contributed by atoms with Gasteiger partial charge in [-0.05, 0) is 42.8 Å². The van der Waals surface area contributed by atoms with E-state index in [1.54, 1.807) is 14.2 Å². The highest BCUT2D eigenvalue weighted by Gasteiger charge is 2.27. The first-order chi connectivity index (χ1) is 16.1. The molecule has 0 radical (unpaired) electrons. The second-order valence-electron chi connectivity index (χ2n) is 7.94. The Morgan fingerprint density at radius 1 is 0.970 bits per heavy atom. The molecule has 0 unspecified atom stereocenters. The van der Waals surface area contributed by atoms with Gasteiger partial charge in [0.05, 0.1) is 13.2 Å². The lowest BCUT2D eigenvalue weighted by Crippen LogP contribution is -2.40. The SMILES string of the molecule is COCCn1c(=O)c2c(nc3n2CCCN3c2ccc(Oc3ccccc3)cc2)n(C)c1=O. The molecular weight excluding hydrogens is 422 g/mol. The van der Waals surface area contributed by atoms with E-state index in [9.17, 15) is 9.59 Å². The molecule has 0 amide bonds. The van der Waals surface area contributed by atoms with Crippen LogP contribution in [0.2, 0.25) is 0 Å². The number of benzene rings is 2. The summed E-state index contributed by atoms with van der Waals surface area (Å²) in [6.45, 7) is 1.90. The molecule has 0 N–H and O–H groups in total. The summed E-state index contributed by atoms with van der Waals surface area (Å²) >= 11 is 0. The minimum Gasteiger partial charge on any atom is -0.457 e. The van der Waals surface area contributed by atoms with Crippen LogP contribution in [0.25, 0.3) is 11.2 Å². The zero-order valence-electron chi connectivity index (χ0n) is 18.6. The average Bonchev–Trinajstić information content (AvgIpc) is 3.24. The summed E-state index contributed by atoms with van der Waals surface area (Å²) < 4.78 is 15.5. The van der Waals surface area contributed by atoms with Gasteiger partial charge in [0.25, 0.3) is 5.56 Å². The molecule has 0 saturated carbocycles. The first kappa shape index (κ1) is 21.0. The lowest BCUT2D eigenvalue weighted by molar-refractivity contribution is 0.184. The molecule has 1 aliphatic heterocycles. The summed E-state index contributed by atoms with van der Waals surface area (Å²) in [6.07, 6.45) is 0.848. The highest BCUT2D eigenvalue weighted by molar-refractivity contribution is 5.77. The number of ether oxygens (including phenoxy) is 2. The van der Waals surface area contributed by atoms with Crippen LogP contribution in [-0.2, 0) is 24.9 Å². The van der Waals surface area contributed by atoms with Gasteiger partial charge in [-0.3, -0.25) is 13.9 Å². The molecule has 3 heterocycles. The molecule has 2 aromatic carbocycles. The average molecular weight is 447 g/mol. The monoisotopic (exact) mass is 447 g/mol. The third-order valence-electron chi connectivity index (χ3n) is 5.86. The van der Waals surface area contributed by atoms with Gasteiger partial charge in [0.15, 0.2) is 11.2 Å². The Kier molecular flexibility index (Phi) is 5.47. The van der Waals surface area contributed by atoms with Crippen LogP contribution in [-0.4, -0.2) is 38.9 Å². The predicted molar refractivity (Wildman–Crippen MR) is 126 cm³/mol. The largest absolute Gasteiger partial charge is 0.457 e. The lowest BCUT2D eigenvalue weighted by atomic mass is 10.2. The normalized spacial score (nSPS) is 13.3. The van der Waals surface area contributed by atoms with Crippen molar-refractivity contribution in [3.8, 4) is 11.5 Å². The summed E-state index contributed by atoms with van der Waals surface area (Å²) in [5.41, 5.74) is 1.05. The highest BCUT2D eigenvalue weighted by atomic mass is 16.5. The zero-order chi connectivity index (χ0) is 22.9. The van der Waals surface area contributed by atoms with Crippen LogP contribution in [0.15, 0.2) is 64.2 Å². The van der Waals surface area contributed by atoms with Crippen molar-refractivity contribution >= 4 is 22.8 Å². The summed E-state index contributed by atoms with van der Waals surface area (Å²) in [5.74, 6) is 2.17. The van der Waals surface area contributed by atoms with E-state index in [-0.39, 0.29) is 18.7 Å². The number of nitrogens with zero attached hydrogens (tertiary/aromatic N) is 5. The van der Waals surface area contributed by atoms with Crippen LogP contribution < -0.4 is 20.9 Å². The number of anilines is 2. The number of methoxy groups -OCH3 is 1. The van der Waals surface area contributed by atoms with E-state index < -0.39 is 5.69 Å². The Hall–Kier alpha value is -3.85. The number of rotatable bonds is 6. The van der Waals surface area contributed by atoms with Gasteiger partial charge in [0.2, 0.25) is 5.95 Å². The Labute approximate surface area is 190 Å². The van der Waals surface area contributed by atoms with Gasteiger partial charge in [0.1, 0.15) is 11.5 Å². The summed E-state index contributed by atoms with van der Waals surface area (Å²) in [5, 5.41) is 0. The molecule has 0 bridgehead atoms. The highest BCUT2D eigenvalue weighted by Crippen LogP contribution is 2.32. The van der Waals surface area contributed by atoms with Crippen molar-refractivity contribution in [2.24, 2.45) is 7.05 Å². The van der Waals surface area contributed by atoms with E-state index in [4.69, 9.17) is 14.5 Å². The zero-order valence-corrected chi connectivity index (χ0v) is 18.6. The Balaban J connectivity index is 1.53. The van der Waals surface area contributed by atoms with Crippen molar-refractivity contribution in [1.82, 2.24) is 18.7 Å². The number of para-hydroxylation sites is 1. The topological polar surface area (TPSA) is 83.5 Å². The molecule has 5 rings (SSSR count). The van der Waals surface area contributed by atoms with E-state index in [2.05, 4.69) is 4.90 Å². The van der Waals surface area contributed by atoms with E-state index in [0.717, 1.165) is 30.2 Å². The molecule has 0 fully saturated rings. The van der Waals surface area contributed by atoms with Gasteiger partial charge < -0.3 is 18.9 Å². The summed E-state index contributed by atoms with van der Waals surface area (Å²) in [7, 11) is 3.19. The fourth-order valence-corrected chi connectivity index (χ4v) is 4.21. The van der Waals surface area contributed by atoms with E-state index >= 15 is 0 Å². The molecule has 2 aromatic heterocycles. The first-order valence-corrected chi connectivity index (χ1v) is 10.9. The number of imidazole rings is 1. The summed E-state index contributed by atoms with van der Waals surface area (Å²) in [4.78, 5) is 32.7. The molecule has 0 aliphatic carbocycles. The fraction of sp³-hybridized carbons (Fsp3) is 0.292. The number of aryl methyl sites for hydroxylation is 2. The standard InChI is InChI=1S/C24H25N5O4/c1-26-21-20(22(30)29(24(26)31)15-16-32-2)28-14-6-13-27(23(28)25-21)17-9-11-19(12-10-17)33-18-7-4-3-5-8-18/h3-5,7-12H,6,13-16H2,1-2H3. The van der Waals surface area contributed by atoms with Gasteiger partial charge in [-0.15, -0.1) is 0 Å². The maximum absolute atomic E-state index is 13.2. The lowest BCUT2D eigenvalue weighted by Gasteiger charge is -2.29. The molecule has 4 aromatic rings. The third-order valence-corrected chi connectivity index (χ3v) is 5.86. The number of fused-ring (bicyclic) bond motifs is 3. The van der Waals surface area contributed by atoms with Crippen LogP contribution in [0.3, 0.4) is 0 Å². The quantitative estimate of drug-likeness (QED) is 0.452. The van der Waals surface area contributed by atoms with Crippen LogP contribution >= 0.6 is 0 Å². The molecule has 0 spiro atoms. The van der Waals surface area contributed by atoms with Crippen molar-refractivity contribution < 1.29 is 9.47 Å². The van der Waals surface area contributed by atoms with Crippen molar-refractivity contribution in [2.45, 2.75) is 19.5 Å². The Morgan fingerprint density at radius 3 is 2.42 bits per heavy atom. The van der Waals surface area contributed by atoms with Crippen molar-refractivity contribution in [2.75, 3.05) is 25.2 Å². The van der Waals surface area contributed by atoms with Crippen LogP contribution in [0.4, 0.5) is 11.6 Å². The van der Waals surface area contributed by atoms with E-state index in [0.29, 0.717) is 23.7 Å². The molecule has 33 heavy (non-hydrogen) atoms. The minimum atomic E-state index is -0.394. The van der Waals surface area contributed by atoms with Crippen molar-refractivity contribution in [1.29, 1.82) is 0 Å². The van der Waals surface area contributed by atoms with Crippen LogP contribution in [0.1, 0.15) is 6.42 Å². The van der Waals surface area contributed by atoms with Gasteiger partial charge in [-0.1, -0.05) is 18.2 Å². The third kappa shape index (κ3) is 3.70. The van der Waals surface area contributed by atoms with Crippen LogP contribution in [0.5, 0.6) is 11.5 Å². The second-order valence-corrected chi connectivity index (χ2v) is 7.94. The first-order valence-electron chi connectivity index (χ1n) is 10.9.